The van der Waals surface area contributed by atoms with E-state index in [4.69, 9.17) is 21.1 Å². The van der Waals surface area contributed by atoms with Gasteiger partial charge < -0.3 is 19.7 Å². The van der Waals surface area contributed by atoms with Crippen LogP contribution < -0.4 is 19.1 Å². The van der Waals surface area contributed by atoms with Gasteiger partial charge in [0.1, 0.15) is 17.5 Å². The monoisotopic (exact) mass is 581 g/mol. The number of carbonyl (C=O) groups is 2. The minimum absolute atomic E-state index is 0.0470. The number of halogens is 1. The van der Waals surface area contributed by atoms with Crippen molar-refractivity contribution in [3.8, 4) is 11.5 Å². The summed E-state index contributed by atoms with van der Waals surface area (Å²) in [6.45, 7) is 7.81. The first kappa shape index (κ1) is 32.2. The number of methoxy groups -OCH3 is 2. The molecule has 2 aromatic carbocycles. The molecule has 0 aromatic heterocycles. The molecule has 0 heterocycles. The standard InChI is InChI=1S/C28H40ClN3O6S/c1-8-24(27(34)30-28(2,3)4)31(19-20-11-14-22(37-5)15-12-20)26(33)10-9-17-32(39(7,35)36)21-13-16-25(38-6)23(29)18-21/h11-16,18,24H,8-10,17,19H2,1-7H3,(H,30,34). The lowest BCUT2D eigenvalue weighted by Gasteiger charge is -2.33. The number of rotatable bonds is 13. The molecule has 0 bridgehead atoms. The maximum Gasteiger partial charge on any atom is 0.243 e. The van der Waals surface area contributed by atoms with Crippen LogP contribution in [0.4, 0.5) is 5.69 Å². The van der Waals surface area contributed by atoms with Gasteiger partial charge in [-0.1, -0.05) is 30.7 Å². The third-order valence-corrected chi connectivity index (χ3v) is 7.46. The molecule has 216 valence electrons. The average Bonchev–Trinajstić information content (AvgIpc) is 2.85. The summed E-state index contributed by atoms with van der Waals surface area (Å²) in [6.07, 6.45) is 1.81. The summed E-state index contributed by atoms with van der Waals surface area (Å²) in [7, 11) is -0.596. The Labute approximate surface area is 237 Å². The maximum atomic E-state index is 13.6. The predicted molar refractivity (Wildman–Crippen MR) is 155 cm³/mol. The zero-order valence-electron chi connectivity index (χ0n) is 23.8. The highest BCUT2D eigenvalue weighted by molar-refractivity contribution is 7.92. The van der Waals surface area contributed by atoms with Gasteiger partial charge in [0.05, 0.1) is 31.2 Å². The van der Waals surface area contributed by atoms with Gasteiger partial charge in [0.2, 0.25) is 21.8 Å². The van der Waals surface area contributed by atoms with E-state index in [1.165, 1.54) is 17.5 Å². The molecule has 39 heavy (non-hydrogen) atoms. The minimum Gasteiger partial charge on any atom is -0.497 e. The van der Waals surface area contributed by atoms with E-state index in [-0.39, 0.29) is 42.8 Å². The summed E-state index contributed by atoms with van der Waals surface area (Å²) >= 11 is 6.22. The minimum atomic E-state index is -3.65. The third kappa shape index (κ3) is 9.61. The molecule has 0 saturated carbocycles. The highest BCUT2D eigenvalue weighted by Gasteiger charge is 2.30. The van der Waals surface area contributed by atoms with Gasteiger partial charge in [-0.2, -0.15) is 0 Å². The van der Waals surface area contributed by atoms with Crippen LogP contribution in [0.2, 0.25) is 5.02 Å². The highest BCUT2D eigenvalue weighted by atomic mass is 35.5. The molecule has 0 aliphatic heterocycles. The van der Waals surface area contributed by atoms with Crippen molar-refractivity contribution in [1.29, 1.82) is 0 Å². The number of sulfonamides is 1. The summed E-state index contributed by atoms with van der Waals surface area (Å²) in [5.41, 5.74) is 0.758. The van der Waals surface area contributed by atoms with Gasteiger partial charge in [0.25, 0.3) is 0 Å². The molecule has 0 saturated heterocycles. The zero-order chi connectivity index (χ0) is 29.4. The topological polar surface area (TPSA) is 105 Å². The fourth-order valence-electron chi connectivity index (χ4n) is 4.11. The van der Waals surface area contributed by atoms with Gasteiger partial charge in [-0.25, -0.2) is 8.42 Å². The summed E-state index contributed by atoms with van der Waals surface area (Å²) in [5.74, 6) is 0.631. The van der Waals surface area contributed by atoms with E-state index in [0.29, 0.717) is 23.6 Å². The second-order valence-electron chi connectivity index (χ2n) is 10.3. The Balaban J connectivity index is 2.26. The number of ether oxygens (including phenoxy) is 2. The Morgan fingerprint density at radius 3 is 2.18 bits per heavy atom. The molecule has 1 atom stereocenters. The lowest BCUT2D eigenvalue weighted by atomic mass is 10.0. The van der Waals surface area contributed by atoms with Crippen LogP contribution in [0.3, 0.4) is 0 Å². The predicted octanol–water partition coefficient (Wildman–Crippen LogP) is 4.63. The molecule has 11 heteroatoms. The summed E-state index contributed by atoms with van der Waals surface area (Å²) in [4.78, 5) is 28.3. The number of anilines is 1. The molecule has 2 rings (SSSR count). The van der Waals surface area contributed by atoms with Gasteiger partial charge in [-0.05, 0) is 69.5 Å². The first-order chi connectivity index (χ1) is 18.2. The summed E-state index contributed by atoms with van der Waals surface area (Å²) < 4.78 is 36.7. The van der Waals surface area contributed by atoms with Crippen LogP contribution >= 0.6 is 11.6 Å². The Hall–Kier alpha value is -2.98. The fourth-order valence-corrected chi connectivity index (χ4v) is 5.32. The van der Waals surface area contributed by atoms with E-state index in [1.54, 1.807) is 36.3 Å². The molecule has 2 amide bonds. The van der Waals surface area contributed by atoms with E-state index >= 15 is 0 Å². The smallest absolute Gasteiger partial charge is 0.243 e. The van der Waals surface area contributed by atoms with E-state index in [0.717, 1.165) is 11.8 Å². The van der Waals surface area contributed by atoms with Crippen molar-refractivity contribution >= 4 is 39.1 Å². The lowest BCUT2D eigenvalue weighted by Crippen LogP contribution is -2.53. The van der Waals surface area contributed by atoms with E-state index in [2.05, 4.69) is 5.32 Å². The van der Waals surface area contributed by atoms with Crippen LogP contribution in [0.25, 0.3) is 0 Å². The van der Waals surface area contributed by atoms with Gasteiger partial charge >= 0.3 is 0 Å². The average molecular weight is 582 g/mol. The molecular formula is C28H40ClN3O6S. The van der Waals surface area contributed by atoms with Crippen molar-refractivity contribution in [3.05, 3.63) is 53.1 Å². The van der Waals surface area contributed by atoms with Gasteiger partial charge in [0.15, 0.2) is 0 Å². The number of carbonyl (C=O) groups excluding carboxylic acids is 2. The van der Waals surface area contributed by atoms with Crippen LogP contribution in [0.5, 0.6) is 11.5 Å². The first-order valence-electron chi connectivity index (χ1n) is 12.8. The SMILES string of the molecule is CCC(C(=O)NC(C)(C)C)N(Cc1ccc(OC)cc1)C(=O)CCCN(c1ccc(OC)c(Cl)c1)S(C)(=O)=O. The van der Waals surface area contributed by atoms with Crippen LogP contribution in [0.15, 0.2) is 42.5 Å². The number of nitrogens with zero attached hydrogens (tertiary/aromatic N) is 2. The van der Waals surface area contributed by atoms with Crippen LogP contribution in [0.1, 0.15) is 52.5 Å². The molecule has 9 nitrogen and oxygen atoms in total. The number of amides is 2. The molecule has 1 unspecified atom stereocenters. The van der Waals surface area contributed by atoms with Crippen LogP contribution in [-0.2, 0) is 26.2 Å². The van der Waals surface area contributed by atoms with Crippen LogP contribution in [0, 0.1) is 0 Å². The quantitative estimate of drug-likeness (QED) is 0.370. The van der Waals surface area contributed by atoms with Crippen molar-refractivity contribution in [2.75, 3.05) is 31.3 Å². The number of benzene rings is 2. The highest BCUT2D eigenvalue weighted by Crippen LogP contribution is 2.30. The third-order valence-electron chi connectivity index (χ3n) is 5.97. The Bertz CT molecular complexity index is 1230. The number of hydrogen-bond donors (Lipinski definition) is 1. The van der Waals surface area contributed by atoms with Crippen molar-refractivity contribution in [2.45, 2.75) is 65.1 Å². The van der Waals surface area contributed by atoms with Crippen molar-refractivity contribution in [1.82, 2.24) is 10.2 Å². The largest absolute Gasteiger partial charge is 0.497 e. The molecular weight excluding hydrogens is 542 g/mol. The maximum absolute atomic E-state index is 13.6. The zero-order valence-corrected chi connectivity index (χ0v) is 25.4. The normalized spacial score (nSPS) is 12.4. The first-order valence-corrected chi connectivity index (χ1v) is 15.0. The molecule has 0 radical (unpaired) electrons. The molecule has 0 spiro atoms. The molecule has 0 fully saturated rings. The van der Waals surface area contributed by atoms with Crippen molar-refractivity contribution in [2.24, 2.45) is 0 Å². The molecule has 1 N–H and O–H groups in total. The van der Waals surface area contributed by atoms with Gasteiger partial charge in [0, 0.05) is 25.0 Å². The van der Waals surface area contributed by atoms with E-state index in [1.807, 2.05) is 39.8 Å². The second kappa shape index (κ2) is 13.9. The fraction of sp³-hybridized carbons (Fsp3) is 0.500. The number of hydrogen-bond acceptors (Lipinski definition) is 6. The second-order valence-corrected chi connectivity index (χ2v) is 12.6. The summed E-state index contributed by atoms with van der Waals surface area (Å²) in [6, 6.07) is 11.3. The molecule has 0 aliphatic carbocycles. The van der Waals surface area contributed by atoms with Gasteiger partial charge in [-0.3, -0.25) is 13.9 Å². The Morgan fingerprint density at radius 1 is 1.05 bits per heavy atom. The lowest BCUT2D eigenvalue weighted by molar-refractivity contribution is -0.142. The van der Waals surface area contributed by atoms with Crippen molar-refractivity contribution < 1.29 is 27.5 Å². The Kier molecular flexibility index (Phi) is 11.5. The van der Waals surface area contributed by atoms with Gasteiger partial charge in [-0.15, -0.1) is 0 Å². The Morgan fingerprint density at radius 2 is 1.69 bits per heavy atom. The molecule has 0 aliphatic rings. The summed E-state index contributed by atoms with van der Waals surface area (Å²) in [5, 5.41) is 3.26. The van der Waals surface area contributed by atoms with Crippen molar-refractivity contribution in [3.63, 3.8) is 0 Å². The van der Waals surface area contributed by atoms with Crippen LogP contribution in [-0.4, -0.2) is 63.7 Å². The molecule has 2 aromatic rings. The number of nitrogens with one attached hydrogen (secondary N) is 1. The van der Waals surface area contributed by atoms with E-state index in [9.17, 15) is 18.0 Å². The van der Waals surface area contributed by atoms with E-state index < -0.39 is 21.6 Å².